The van der Waals surface area contributed by atoms with Crippen LogP contribution in [0.15, 0.2) is 52.3 Å². The van der Waals surface area contributed by atoms with Gasteiger partial charge >= 0.3 is 0 Å². The zero-order valence-electron chi connectivity index (χ0n) is 13.0. The Hall–Kier alpha value is -1.32. The maximum absolute atomic E-state index is 13.5. The number of nitrogens with one attached hydrogen (secondary N) is 1. The molecular formula is C18H22FNS. The second-order valence-electron chi connectivity index (χ2n) is 5.52. The predicted octanol–water partition coefficient (Wildman–Crippen LogP) is 5.38. The van der Waals surface area contributed by atoms with Crippen LogP contribution >= 0.6 is 11.8 Å². The lowest BCUT2D eigenvalue weighted by Crippen LogP contribution is -2.13. The molecule has 2 rings (SSSR count). The molecule has 3 heteroatoms. The van der Waals surface area contributed by atoms with Gasteiger partial charge in [-0.15, -0.1) is 0 Å². The highest BCUT2D eigenvalue weighted by Gasteiger charge is 2.11. The molecule has 1 unspecified atom stereocenters. The SMILES string of the molecule is CNC(C)c1cc(F)ccc1Sc1ccc(C(C)C)cc1. The summed E-state index contributed by atoms with van der Waals surface area (Å²) < 4.78 is 13.5. The summed E-state index contributed by atoms with van der Waals surface area (Å²) in [6, 6.07) is 13.7. The summed E-state index contributed by atoms with van der Waals surface area (Å²) in [5, 5.41) is 3.18. The van der Waals surface area contributed by atoms with Gasteiger partial charge in [0.2, 0.25) is 0 Å². The van der Waals surface area contributed by atoms with Gasteiger partial charge in [-0.3, -0.25) is 0 Å². The highest BCUT2D eigenvalue weighted by molar-refractivity contribution is 7.99. The Kier molecular flexibility index (Phi) is 5.43. The van der Waals surface area contributed by atoms with E-state index in [0.717, 1.165) is 10.5 Å². The van der Waals surface area contributed by atoms with Crippen LogP contribution in [0.3, 0.4) is 0 Å². The summed E-state index contributed by atoms with van der Waals surface area (Å²) in [5.74, 6) is 0.348. The Morgan fingerprint density at radius 3 is 2.24 bits per heavy atom. The molecule has 112 valence electrons. The van der Waals surface area contributed by atoms with Gasteiger partial charge in [0.15, 0.2) is 0 Å². The van der Waals surface area contributed by atoms with Crippen LogP contribution in [0, 0.1) is 5.82 Å². The third kappa shape index (κ3) is 4.08. The minimum Gasteiger partial charge on any atom is -0.313 e. The normalized spacial score (nSPS) is 12.7. The highest BCUT2D eigenvalue weighted by atomic mass is 32.2. The molecule has 0 bridgehead atoms. The van der Waals surface area contributed by atoms with E-state index in [0.29, 0.717) is 5.92 Å². The van der Waals surface area contributed by atoms with Gasteiger partial charge in [0, 0.05) is 15.8 Å². The zero-order chi connectivity index (χ0) is 15.4. The van der Waals surface area contributed by atoms with Crippen molar-refractivity contribution < 1.29 is 4.39 Å². The highest BCUT2D eigenvalue weighted by Crippen LogP contribution is 2.34. The lowest BCUT2D eigenvalue weighted by Gasteiger charge is -2.16. The van der Waals surface area contributed by atoms with Crippen molar-refractivity contribution in [1.82, 2.24) is 5.32 Å². The molecule has 0 aromatic heterocycles. The molecule has 0 spiro atoms. The maximum atomic E-state index is 13.5. The van der Waals surface area contributed by atoms with Gasteiger partial charge in [-0.1, -0.05) is 37.7 Å². The van der Waals surface area contributed by atoms with Crippen molar-refractivity contribution >= 4 is 11.8 Å². The summed E-state index contributed by atoms with van der Waals surface area (Å²) in [6.45, 7) is 6.42. The first-order chi connectivity index (χ1) is 10.0. The van der Waals surface area contributed by atoms with E-state index in [1.165, 1.54) is 16.5 Å². The fraction of sp³-hybridized carbons (Fsp3) is 0.333. The first-order valence-corrected chi connectivity index (χ1v) is 8.07. The molecule has 0 aliphatic heterocycles. The van der Waals surface area contributed by atoms with Crippen LogP contribution in [0.25, 0.3) is 0 Å². The standard InChI is InChI=1S/C18H22FNS/c1-12(2)14-5-8-16(9-6-14)21-18-10-7-15(19)11-17(18)13(3)20-4/h5-13,20H,1-4H3. The second kappa shape index (κ2) is 7.10. The molecule has 21 heavy (non-hydrogen) atoms. The van der Waals surface area contributed by atoms with Gasteiger partial charge < -0.3 is 5.32 Å². The fourth-order valence-corrected chi connectivity index (χ4v) is 3.17. The van der Waals surface area contributed by atoms with E-state index in [1.807, 2.05) is 20.0 Å². The molecule has 0 heterocycles. The average Bonchev–Trinajstić information content (AvgIpc) is 2.48. The van der Waals surface area contributed by atoms with Crippen molar-refractivity contribution in [2.75, 3.05) is 7.05 Å². The van der Waals surface area contributed by atoms with E-state index in [2.05, 4.69) is 43.4 Å². The van der Waals surface area contributed by atoms with Crippen molar-refractivity contribution in [3.05, 3.63) is 59.4 Å². The smallest absolute Gasteiger partial charge is 0.123 e. The van der Waals surface area contributed by atoms with Crippen molar-refractivity contribution in [1.29, 1.82) is 0 Å². The Balaban J connectivity index is 2.26. The van der Waals surface area contributed by atoms with Crippen molar-refractivity contribution in [3.8, 4) is 0 Å². The summed E-state index contributed by atoms with van der Waals surface area (Å²) in [6.07, 6.45) is 0. The predicted molar refractivity (Wildman–Crippen MR) is 88.5 cm³/mol. The van der Waals surface area contributed by atoms with Crippen molar-refractivity contribution in [3.63, 3.8) is 0 Å². The molecule has 0 radical (unpaired) electrons. The van der Waals surface area contributed by atoms with Crippen LogP contribution in [0.4, 0.5) is 4.39 Å². The topological polar surface area (TPSA) is 12.0 Å². The fourth-order valence-electron chi connectivity index (χ4n) is 2.15. The molecule has 2 aromatic rings. The number of hydrogen-bond donors (Lipinski definition) is 1. The summed E-state index contributed by atoms with van der Waals surface area (Å²) in [5.41, 5.74) is 2.33. The Bertz CT molecular complexity index is 593. The molecule has 0 saturated carbocycles. The molecule has 2 aromatic carbocycles. The lowest BCUT2D eigenvalue weighted by molar-refractivity contribution is 0.601. The first kappa shape index (κ1) is 16.1. The molecule has 1 atom stereocenters. The molecule has 0 saturated heterocycles. The largest absolute Gasteiger partial charge is 0.313 e. The minimum atomic E-state index is -0.188. The number of hydrogen-bond acceptors (Lipinski definition) is 2. The minimum absolute atomic E-state index is 0.123. The number of benzene rings is 2. The van der Waals surface area contributed by atoms with Crippen LogP contribution in [0.2, 0.25) is 0 Å². The molecular weight excluding hydrogens is 281 g/mol. The number of rotatable bonds is 5. The Morgan fingerprint density at radius 2 is 1.67 bits per heavy atom. The quantitative estimate of drug-likeness (QED) is 0.795. The van der Waals surface area contributed by atoms with Crippen LogP contribution in [0.1, 0.15) is 43.9 Å². The van der Waals surface area contributed by atoms with Crippen LogP contribution in [0.5, 0.6) is 0 Å². The number of halogens is 1. The molecule has 0 aliphatic carbocycles. The van der Waals surface area contributed by atoms with E-state index in [1.54, 1.807) is 17.8 Å². The summed E-state index contributed by atoms with van der Waals surface area (Å²) >= 11 is 1.68. The average molecular weight is 303 g/mol. The van der Waals surface area contributed by atoms with Crippen LogP contribution in [-0.4, -0.2) is 7.05 Å². The molecule has 1 nitrogen and oxygen atoms in total. The molecule has 0 aliphatic rings. The van der Waals surface area contributed by atoms with Gasteiger partial charge in [0.25, 0.3) is 0 Å². The van der Waals surface area contributed by atoms with Crippen molar-refractivity contribution in [2.24, 2.45) is 0 Å². The van der Waals surface area contributed by atoms with Gasteiger partial charge in [-0.2, -0.15) is 0 Å². The lowest BCUT2D eigenvalue weighted by atomic mass is 10.0. The summed E-state index contributed by atoms with van der Waals surface area (Å²) in [4.78, 5) is 2.27. The monoisotopic (exact) mass is 303 g/mol. The van der Waals surface area contributed by atoms with E-state index in [4.69, 9.17) is 0 Å². The molecule has 0 amide bonds. The second-order valence-corrected chi connectivity index (χ2v) is 6.63. The Morgan fingerprint density at radius 1 is 1.00 bits per heavy atom. The van der Waals surface area contributed by atoms with Gasteiger partial charge in [-0.05, 0) is 61.3 Å². The van der Waals surface area contributed by atoms with Crippen LogP contribution in [-0.2, 0) is 0 Å². The zero-order valence-corrected chi connectivity index (χ0v) is 13.8. The maximum Gasteiger partial charge on any atom is 0.123 e. The summed E-state index contributed by atoms with van der Waals surface area (Å²) in [7, 11) is 1.89. The van der Waals surface area contributed by atoms with Gasteiger partial charge in [0.05, 0.1) is 0 Å². The van der Waals surface area contributed by atoms with E-state index in [-0.39, 0.29) is 11.9 Å². The van der Waals surface area contributed by atoms with Gasteiger partial charge in [-0.25, -0.2) is 4.39 Å². The van der Waals surface area contributed by atoms with E-state index >= 15 is 0 Å². The van der Waals surface area contributed by atoms with Crippen LogP contribution < -0.4 is 5.32 Å². The molecule has 1 N–H and O–H groups in total. The van der Waals surface area contributed by atoms with Gasteiger partial charge in [0.1, 0.15) is 5.82 Å². The van der Waals surface area contributed by atoms with E-state index < -0.39 is 0 Å². The molecule has 0 fully saturated rings. The third-order valence-electron chi connectivity index (χ3n) is 3.65. The first-order valence-electron chi connectivity index (χ1n) is 7.25. The Labute approximate surface area is 131 Å². The van der Waals surface area contributed by atoms with Crippen molar-refractivity contribution in [2.45, 2.75) is 42.5 Å². The van der Waals surface area contributed by atoms with E-state index in [9.17, 15) is 4.39 Å². The third-order valence-corrected chi connectivity index (χ3v) is 4.75.